The molecule has 2 aromatic rings. The predicted molar refractivity (Wildman–Crippen MR) is 110 cm³/mol. The number of hydrogen-bond acceptors (Lipinski definition) is 4. The highest BCUT2D eigenvalue weighted by molar-refractivity contribution is 6.39. The molecule has 0 unspecified atom stereocenters. The summed E-state index contributed by atoms with van der Waals surface area (Å²) in [6.45, 7) is 5.54. The first kappa shape index (κ1) is 20.5. The Morgan fingerprint density at radius 3 is 2.52 bits per heavy atom. The van der Waals surface area contributed by atoms with E-state index in [4.69, 9.17) is 0 Å². The van der Waals surface area contributed by atoms with Crippen molar-refractivity contribution in [1.29, 1.82) is 0 Å². The summed E-state index contributed by atoms with van der Waals surface area (Å²) in [4.78, 5) is 42.6. The van der Waals surface area contributed by atoms with Gasteiger partial charge in [-0.15, -0.1) is 0 Å². The van der Waals surface area contributed by atoms with E-state index in [0.717, 1.165) is 24.0 Å². The number of aryl methyl sites for hydroxylation is 1. The molecule has 7 nitrogen and oxygen atoms in total. The van der Waals surface area contributed by atoms with E-state index < -0.39 is 11.8 Å². The van der Waals surface area contributed by atoms with E-state index in [1.165, 1.54) is 0 Å². The minimum absolute atomic E-state index is 0.0199. The normalized spacial score (nSPS) is 14.3. The van der Waals surface area contributed by atoms with Crippen molar-refractivity contribution in [2.24, 2.45) is 5.92 Å². The van der Waals surface area contributed by atoms with Crippen LogP contribution in [-0.4, -0.2) is 47.2 Å². The number of rotatable bonds is 4. The summed E-state index contributed by atoms with van der Waals surface area (Å²) in [6, 6.07) is 9.09. The van der Waals surface area contributed by atoms with E-state index in [2.05, 4.69) is 15.6 Å². The molecule has 2 heterocycles. The Morgan fingerprint density at radius 1 is 1.07 bits per heavy atom. The van der Waals surface area contributed by atoms with Gasteiger partial charge in [-0.2, -0.15) is 0 Å². The standard InChI is InChI=1S/C22H26N4O3/c1-15-5-3-7-19(16(15)2)25-21(28)20(27)24-13-17-8-11-26(12-9-17)22(29)18-6-4-10-23-14-18/h3-7,10,14,17H,8-9,11-13H2,1-2H3,(H,24,27)(H,25,28). The molecule has 2 N–H and O–H groups in total. The summed E-state index contributed by atoms with van der Waals surface area (Å²) in [7, 11) is 0. The zero-order chi connectivity index (χ0) is 20.8. The fourth-order valence-electron chi connectivity index (χ4n) is 3.39. The van der Waals surface area contributed by atoms with Crippen molar-refractivity contribution in [2.45, 2.75) is 26.7 Å². The van der Waals surface area contributed by atoms with Crippen LogP contribution in [0.4, 0.5) is 5.69 Å². The van der Waals surface area contributed by atoms with Crippen molar-refractivity contribution in [2.75, 3.05) is 25.0 Å². The van der Waals surface area contributed by atoms with E-state index in [9.17, 15) is 14.4 Å². The Kier molecular flexibility index (Phi) is 6.59. The average Bonchev–Trinajstić information content (AvgIpc) is 2.75. The molecule has 1 fully saturated rings. The van der Waals surface area contributed by atoms with Gasteiger partial charge >= 0.3 is 11.8 Å². The summed E-state index contributed by atoms with van der Waals surface area (Å²) >= 11 is 0. The van der Waals surface area contributed by atoms with Crippen LogP contribution in [0.3, 0.4) is 0 Å². The number of nitrogens with one attached hydrogen (secondary N) is 2. The van der Waals surface area contributed by atoms with Gasteiger partial charge in [0, 0.05) is 37.7 Å². The highest BCUT2D eigenvalue weighted by atomic mass is 16.2. The van der Waals surface area contributed by atoms with Crippen LogP contribution < -0.4 is 10.6 Å². The molecule has 152 valence electrons. The van der Waals surface area contributed by atoms with E-state index in [0.29, 0.717) is 30.9 Å². The van der Waals surface area contributed by atoms with Gasteiger partial charge in [0.2, 0.25) is 0 Å². The van der Waals surface area contributed by atoms with Gasteiger partial charge in [-0.1, -0.05) is 12.1 Å². The summed E-state index contributed by atoms with van der Waals surface area (Å²) in [5.41, 5.74) is 3.23. The summed E-state index contributed by atoms with van der Waals surface area (Å²) in [5, 5.41) is 5.39. The van der Waals surface area contributed by atoms with Crippen LogP contribution in [0.1, 0.15) is 34.3 Å². The fourth-order valence-corrected chi connectivity index (χ4v) is 3.39. The van der Waals surface area contributed by atoms with E-state index in [-0.39, 0.29) is 11.8 Å². The fraction of sp³-hybridized carbons (Fsp3) is 0.364. The Bertz CT molecular complexity index is 890. The number of carbonyl (C=O) groups is 3. The number of anilines is 1. The zero-order valence-corrected chi connectivity index (χ0v) is 16.8. The maximum Gasteiger partial charge on any atom is 0.313 e. The molecule has 0 radical (unpaired) electrons. The number of nitrogens with zero attached hydrogens (tertiary/aromatic N) is 2. The lowest BCUT2D eigenvalue weighted by Crippen LogP contribution is -2.43. The molecule has 0 saturated carbocycles. The molecule has 1 saturated heterocycles. The van der Waals surface area contributed by atoms with Gasteiger partial charge in [-0.3, -0.25) is 19.4 Å². The second-order valence-corrected chi connectivity index (χ2v) is 7.39. The largest absolute Gasteiger partial charge is 0.348 e. The maximum atomic E-state index is 12.5. The van der Waals surface area contributed by atoms with Gasteiger partial charge < -0.3 is 15.5 Å². The molecule has 1 aromatic carbocycles. The third-order valence-corrected chi connectivity index (χ3v) is 5.42. The Morgan fingerprint density at radius 2 is 1.83 bits per heavy atom. The number of aromatic nitrogens is 1. The molecular weight excluding hydrogens is 368 g/mol. The van der Waals surface area contributed by atoms with Crippen molar-refractivity contribution in [3.63, 3.8) is 0 Å². The summed E-state index contributed by atoms with van der Waals surface area (Å²) in [5.74, 6) is -1.08. The zero-order valence-electron chi connectivity index (χ0n) is 16.8. The van der Waals surface area contributed by atoms with Crippen molar-refractivity contribution >= 4 is 23.4 Å². The molecule has 1 aromatic heterocycles. The first-order valence-electron chi connectivity index (χ1n) is 9.80. The third kappa shape index (κ3) is 5.19. The molecule has 3 amide bonds. The quantitative estimate of drug-likeness (QED) is 0.779. The molecule has 29 heavy (non-hydrogen) atoms. The summed E-state index contributed by atoms with van der Waals surface area (Å²) in [6.07, 6.45) is 4.78. The molecule has 7 heteroatoms. The highest BCUT2D eigenvalue weighted by Crippen LogP contribution is 2.19. The Balaban J connectivity index is 1.44. The number of amides is 3. The van der Waals surface area contributed by atoms with Crippen LogP contribution in [0.5, 0.6) is 0 Å². The van der Waals surface area contributed by atoms with Crippen LogP contribution in [0.2, 0.25) is 0 Å². The number of hydrogen-bond donors (Lipinski definition) is 2. The lowest BCUT2D eigenvalue weighted by Gasteiger charge is -2.32. The summed E-state index contributed by atoms with van der Waals surface area (Å²) < 4.78 is 0. The molecule has 0 spiro atoms. The highest BCUT2D eigenvalue weighted by Gasteiger charge is 2.25. The van der Waals surface area contributed by atoms with Crippen LogP contribution >= 0.6 is 0 Å². The number of piperidine rings is 1. The minimum Gasteiger partial charge on any atom is -0.348 e. The minimum atomic E-state index is -0.664. The molecule has 0 aliphatic carbocycles. The molecule has 0 atom stereocenters. The van der Waals surface area contributed by atoms with Crippen LogP contribution in [-0.2, 0) is 9.59 Å². The number of carbonyl (C=O) groups excluding carboxylic acids is 3. The Labute approximate surface area is 170 Å². The van der Waals surface area contributed by atoms with Gasteiger partial charge in [0.15, 0.2) is 0 Å². The lowest BCUT2D eigenvalue weighted by atomic mass is 9.96. The molecule has 1 aliphatic rings. The second-order valence-electron chi connectivity index (χ2n) is 7.39. The number of benzene rings is 1. The van der Waals surface area contributed by atoms with Crippen LogP contribution in [0, 0.1) is 19.8 Å². The topological polar surface area (TPSA) is 91.4 Å². The first-order valence-corrected chi connectivity index (χ1v) is 9.80. The van der Waals surface area contributed by atoms with Gasteiger partial charge in [-0.05, 0) is 61.9 Å². The van der Waals surface area contributed by atoms with Crippen molar-refractivity contribution in [1.82, 2.24) is 15.2 Å². The number of pyridine rings is 1. The van der Waals surface area contributed by atoms with Crippen LogP contribution in [0.25, 0.3) is 0 Å². The van der Waals surface area contributed by atoms with Crippen molar-refractivity contribution in [3.8, 4) is 0 Å². The van der Waals surface area contributed by atoms with Gasteiger partial charge in [0.25, 0.3) is 5.91 Å². The smallest absolute Gasteiger partial charge is 0.313 e. The van der Waals surface area contributed by atoms with Gasteiger partial charge in [0.1, 0.15) is 0 Å². The lowest BCUT2D eigenvalue weighted by molar-refractivity contribution is -0.136. The maximum absolute atomic E-state index is 12.5. The van der Waals surface area contributed by atoms with E-state index in [1.54, 1.807) is 30.6 Å². The second kappa shape index (κ2) is 9.32. The average molecular weight is 394 g/mol. The van der Waals surface area contributed by atoms with Gasteiger partial charge in [-0.25, -0.2) is 0 Å². The van der Waals surface area contributed by atoms with Crippen molar-refractivity contribution < 1.29 is 14.4 Å². The predicted octanol–water partition coefficient (Wildman–Crippen LogP) is 2.31. The van der Waals surface area contributed by atoms with Crippen LogP contribution in [0.15, 0.2) is 42.7 Å². The molecule has 1 aliphatic heterocycles. The SMILES string of the molecule is Cc1cccc(NC(=O)C(=O)NCC2CCN(C(=O)c3cccnc3)CC2)c1C. The van der Waals surface area contributed by atoms with E-state index >= 15 is 0 Å². The molecular formula is C22H26N4O3. The van der Waals surface area contributed by atoms with E-state index in [1.807, 2.05) is 30.9 Å². The monoisotopic (exact) mass is 394 g/mol. The van der Waals surface area contributed by atoms with Gasteiger partial charge in [0.05, 0.1) is 5.56 Å². The molecule has 3 rings (SSSR count). The first-order chi connectivity index (χ1) is 14.0. The number of likely N-dealkylation sites (tertiary alicyclic amines) is 1. The third-order valence-electron chi connectivity index (χ3n) is 5.42. The Hall–Kier alpha value is -3.22. The van der Waals surface area contributed by atoms with Crippen molar-refractivity contribution in [3.05, 3.63) is 59.4 Å². The molecule has 0 bridgehead atoms.